The van der Waals surface area contributed by atoms with E-state index < -0.39 is 0 Å². The van der Waals surface area contributed by atoms with Crippen molar-refractivity contribution in [3.8, 4) is 0 Å². The first-order valence-electron chi connectivity index (χ1n) is 3.28. The molecular weight excluding hydrogens is 158 g/mol. The van der Waals surface area contributed by atoms with Gasteiger partial charge in [-0.1, -0.05) is 23.9 Å². The topological polar surface area (TPSA) is 32.3 Å². The van der Waals surface area contributed by atoms with E-state index in [2.05, 4.69) is 5.32 Å². The Balaban J connectivity index is 2.42. The normalized spacial score (nSPS) is 14.7. The number of hydrogen-bond acceptors (Lipinski definition) is 3. The quantitative estimate of drug-likeness (QED) is 0.619. The third-order valence-electron chi connectivity index (χ3n) is 1.45. The molecule has 0 spiro atoms. The molecule has 1 heterocycles. The number of thioether (sulfide) groups is 1. The lowest BCUT2D eigenvalue weighted by Gasteiger charge is -2.13. The molecule has 1 aliphatic rings. The molecule has 0 aromatic heterocycles. The van der Waals surface area contributed by atoms with Gasteiger partial charge in [0.05, 0.1) is 5.69 Å². The molecule has 11 heavy (non-hydrogen) atoms. The fourth-order valence-corrected chi connectivity index (χ4v) is 1.66. The van der Waals surface area contributed by atoms with Crippen LogP contribution in [0.25, 0.3) is 0 Å². The van der Waals surface area contributed by atoms with Crippen LogP contribution in [0, 0.1) is 0 Å². The van der Waals surface area contributed by atoms with Crippen molar-refractivity contribution in [1.82, 2.24) is 0 Å². The molecule has 0 radical (unpaired) electrons. The van der Waals surface area contributed by atoms with Gasteiger partial charge in [0, 0.05) is 10.3 Å². The van der Waals surface area contributed by atoms with Gasteiger partial charge >= 0.3 is 0 Å². The Morgan fingerprint density at radius 2 is 2.09 bits per heavy atom. The zero-order valence-corrected chi connectivity index (χ0v) is 6.56. The molecule has 56 valence electrons. The molecule has 0 saturated heterocycles. The molecule has 0 saturated carbocycles. The van der Waals surface area contributed by atoms with Crippen molar-refractivity contribution in [3.05, 3.63) is 35.6 Å². The monoisotopic (exact) mass is 165 g/mol. The summed E-state index contributed by atoms with van der Waals surface area (Å²) in [5.41, 5.74) is 0.970. The van der Waals surface area contributed by atoms with Crippen LogP contribution in [0.5, 0.6) is 0 Å². The minimum absolute atomic E-state index is 0.216. The maximum absolute atomic E-state index is 9.09. The number of rotatable bonds is 0. The molecule has 0 aliphatic carbocycles. The molecule has 2 rings (SSSR count). The van der Waals surface area contributed by atoms with Gasteiger partial charge in [-0.3, -0.25) is 0 Å². The third kappa shape index (κ3) is 1.19. The molecule has 1 aromatic rings. The van der Waals surface area contributed by atoms with Gasteiger partial charge in [0.25, 0.3) is 0 Å². The average molecular weight is 165 g/mol. The minimum atomic E-state index is 0.216. The van der Waals surface area contributed by atoms with Gasteiger partial charge in [-0.15, -0.1) is 0 Å². The van der Waals surface area contributed by atoms with Crippen LogP contribution in [0.2, 0.25) is 0 Å². The molecule has 1 aromatic carbocycles. The highest BCUT2D eigenvalue weighted by atomic mass is 32.2. The fourth-order valence-electron chi connectivity index (χ4n) is 0.959. The van der Waals surface area contributed by atoms with Crippen LogP contribution in [0.15, 0.2) is 40.5 Å². The number of nitrogens with one attached hydrogen (secondary N) is 1. The zero-order valence-electron chi connectivity index (χ0n) is 5.74. The second-order valence-electron chi connectivity index (χ2n) is 2.24. The van der Waals surface area contributed by atoms with Crippen LogP contribution in [0.4, 0.5) is 5.69 Å². The van der Waals surface area contributed by atoms with E-state index in [9.17, 15) is 0 Å². The third-order valence-corrected chi connectivity index (χ3v) is 2.40. The molecule has 0 fully saturated rings. The second-order valence-corrected chi connectivity index (χ2v) is 3.15. The minimum Gasteiger partial charge on any atom is -0.494 e. The van der Waals surface area contributed by atoms with E-state index in [-0.39, 0.29) is 5.88 Å². The van der Waals surface area contributed by atoms with Gasteiger partial charge in [0.2, 0.25) is 0 Å². The standard InChI is InChI=1S/C8H7NOS/c10-8-5-11-7-4-2-1-3-6(7)9-8/h1-5,9-10H. The Morgan fingerprint density at radius 1 is 1.27 bits per heavy atom. The molecule has 1 aliphatic heterocycles. The highest BCUT2D eigenvalue weighted by Crippen LogP contribution is 2.32. The molecule has 2 nitrogen and oxygen atoms in total. The van der Waals surface area contributed by atoms with Crippen LogP contribution >= 0.6 is 11.8 Å². The summed E-state index contributed by atoms with van der Waals surface area (Å²) in [5, 5.41) is 13.6. The zero-order chi connectivity index (χ0) is 7.68. The van der Waals surface area contributed by atoms with Gasteiger partial charge in [-0.25, -0.2) is 0 Å². The maximum Gasteiger partial charge on any atom is 0.195 e. The first kappa shape index (κ1) is 6.61. The molecule has 0 atom stereocenters. The molecular formula is C8H7NOS. The van der Waals surface area contributed by atoms with E-state index in [0.717, 1.165) is 10.6 Å². The summed E-state index contributed by atoms with van der Waals surface area (Å²) in [5.74, 6) is 0.216. The predicted molar refractivity (Wildman–Crippen MR) is 46.6 cm³/mol. The Bertz CT molecular complexity index is 309. The second kappa shape index (κ2) is 2.51. The number of hydrogen-bond donors (Lipinski definition) is 2. The Labute approximate surface area is 68.9 Å². The first-order chi connectivity index (χ1) is 5.36. The largest absolute Gasteiger partial charge is 0.494 e. The van der Waals surface area contributed by atoms with Gasteiger partial charge in [0.1, 0.15) is 0 Å². The molecule has 0 unspecified atom stereocenters. The Hall–Kier alpha value is -1.09. The summed E-state index contributed by atoms with van der Waals surface area (Å²) in [4.78, 5) is 1.14. The number of benzene rings is 1. The van der Waals surface area contributed by atoms with Crippen molar-refractivity contribution in [1.29, 1.82) is 0 Å². The highest BCUT2D eigenvalue weighted by Gasteiger charge is 2.07. The van der Waals surface area contributed by atoms with Crippen LogP contribution in [-0.2, 0) is 0 Å². The summed E-state index contributed by atoms with van der Waals surface area (Å²) in [7, 11) is 0. The van der Waals surface area contributed by atoms with Crippen molar-refractivity contribution in [2.24, 2.45) is 0 Å². The lowest BCUT2D eigenvalue weighted by atomic mass is 10.3. The number of para-hydroxylation sites is 1. The summed E-state index contributed by atoms with van der Waals surface area (Å²) < 4.78 is 0. The van der Waals surface area contributed by atoms with E-state index in [1.54, 1.807) is 5.41 Å². The maximum atomic E-state index is 9.09. The summed E-state index contributed by atoms with van der Waals surface area (Å²) >= 11 is 1.52. The number of anilines is 1. The van der Waals surface area contributed by atoms with E-state index in [1.807, 2.05) is 24.3 Å². The van der Waals surface area contributed by atoms with Crippen molar-refractivity contribution in [2.75, 3.05) is 5.32 Å². The van der Waals surface area contributed by atoms with Crippen LogP contribution in [-0.4, -0.2) is 5.11 Å². The Morgan fingerprint density at radius 3 is 3.00 bits per heavy atom. The Kier molecular flexibility index (Phi) is 1.51. The van der Waals surface area contributed by atoms with Gasteiger partial charge in [0.15, 0.2) is 5.88 Å². The van der Waals surface area contributed by atoms with Crippen molar-refractivity contribution >= 4 is 17.4 Å². The fraction of sp³-hybridized carbons (Fsp3) is 0. The van der Waals surface area contributed by atoms with Gasteiger partial charge in [-0.05, 0) is 12.1 Å². The number of fused-ring (bicyclic) bond motifs is 1. The summed E-state index contributed by atoms with van der Waals surface area (Å²) in [6.07, 6.45) is 0. The lowest BCUT2D eigenvalue weighted by Crippen LogP contribution is -2.01. The SMILES string of the molecule is OC1=CSc2ccccc2N1. The summed E-state index contributed by atoms with van der Waals surface area (Å²) in [6.45, 7) is 0. The van der Waals surface area contributed by atoms with Gasteiger partial charge in [-0.2, -0.15) is 0 Å². The summed E-state index contributed by atoms with van der Waals surface area (Å²) in [6, 6.07) is 7.86. The van der Waals surface area contributed by atoms with E-state index in [0.29, 0.717) is 0 Å². The van der Waals surface area contributed by atoms with Crippen molar-refractivity contribution in [2.45, 2.75) is 4.90 Å². The van der Waals surface area contributed by atoms with Crippen molar-refractivity contribution in [3.63, 3.8) is 0 Å². The highest BCUT2D eigenvalue weighted by molar-refractivity contribution is 8.02. The van der Waals surface area contributed by atoms with E-state index in [4.69, 9.17) is 5.11 Å². The molecule has 0 amide bonds. The average Bonchev–Trinajstić information content (AvgIpc) is 2.04. The van der Waals surface area contributed by atoms with Crippen molar-refractivity contribution < 1.29 is 5.11 Å². The smallest absolute Gasteiger partial charge is 0.195 e. The molecule has 2 N–H and O–H groups in total. The first-order valence-corrected chi connectivity index (χ1v) is 4.16. The van der Waals surface area contributed by atoms with Crippen LogP contribution < -0.4 is 5.32 Å². The van der Waals surface area contributed by atoms with E-state index in [1.165, 1.54) is 11.8 Å². The van der Waals surface area contributed by atoms with E-state index >= 15 is 0 Å². The molecule has 3 heteroatoms. The van der Waals surface area contributed by atoms with Crippen LogP contribution in [0.1, 0.15) is 0 Å². The van der Waals surface area contributed by atoms with Gasteiger partial charge < -0.3 is 10.4 Å². The molecule has 0 bridgehead atoms. The number of aliphatic hydroxyl groups excluding tert-OH is 1. The predicted octanol–water partition coefficient (Wildman–Crippen LogP) is 2.56. The number of aliphatic hydroxyl groups is 1. The van der Waals surface area contributed by atoms with Crippen LogP contribution in [0.3, 0.4) is 0 Å². The lowest BCUT2D eigenvalue weighted by molar-refractivity contribution is 0.420.